The number of fused-ring (bicyclic) bond motifs is 1. The second kappa shape index (κ2) is 5.56. The summed E-state index contributed by atoms with van der Waals surface area (Å²) in [7, 11) is 0. The van der Waals surface area contributed by atoms with Gasteiger partial charge in [0.2, 0.25) is 0 Å². The lowest BCUT2D eigenvalue weighted by molar-refractivity contribution is -0.118. The minimum Gasteiger partial charge on any atom is -0.508 e. The molecule has 112 valence electrons. The van der Waals surface area contributed by atoms with Crippen LogP contribution in [0.5, 0.6) is 11.5 Å². The van der Waals surface area contributed by atoms with Gasteiger partial charge in [-0.3, -0.25) is 4.79 Å². The Hall–Kier alpha value is -2.75. The average molecular weight is 295 g/mol. The standard InChI is InChI=1S/C18H17NO3/c1-11-8-15(20)6-5-14(11)4-3-13-7-12(2)18-16(9-13)19-17(21)10-22-18/h3-9,20H,10H2,1-2H3,(H,19,21). The Morgan fingerprint density at radius 2 is 1.95 bits per heavy atom. The topological polar surface area (TPSA) is 58.6 Å². The predicted octanol–water partition coefficient (Wildman–Crippen LogP) is 3.51. The Bertz CT molecular complexity index is 778. The number of amides is 1. The van der Waals surface area contributed by atoms with Crippen LogP contribution < -0.4 is 10.1 Å². The number of carbonyl (C=O) groups excluding carboxylic acids is 1. The summed E-state index contributed by atoms with van der Waals surface area (Å²) < 4.78 is 5.45. The lowest BCUT2D eigenvalue weighted by atomic mass is 10.0. The number of hydrogen-bond donors (Lipinski definition) is 2. The molecular weight excluding hydrogens is 278 g/mol. The number of nitrogens with one attached hydrogen (secondary N) is 1. The lowest BCUT2D eigenvalue weighted by Crippen LogP contribution is -2.25. The molecule has 1 aliphatic rings. The summed E-state index contributed by atoms with van der Waals surface area (Å²) in [5, 5.41) is 12.3. The number of phenols is 1. The van der Waals surface area contributed by atoms with Gasteiger partial charge in [-0.15, -0.1) is 0 Å². The van der Waals surface area contributed by atoms with Gasteiger partial charge < -0.3 is 15.2 Å². The molecule has 1 amide bonds. The maximum Gasteiger partial charge on any atom is 0.262 e. The maximum atomic E-state index is 11.4. The van der Waals surface area contributed by atoms with Crippen molar-refractivity contribution in [3.63, 3.8) is 0 Å². The van der Waals surface area contributed by atoms with Gasteiger partial charge in [-0.25, -0.2) is 0 Å². The normalized spacial score (nSPS) is 13.6. The predicted molar refractivity (Wildman–Crippen MR) is 87.1 cm³/mol. The Morgan fingerprint density at radius 3 is 2.73 bits per heavy atom. The van der Waals surface area contributed by atoms with Crippen LogP contribution >= 0.6 is 0 Å². The number of anilines is 1. The summed E-state index contributed by atoms with van der Waals surface area (Å²) in [4.78, 5) is 11.4. The number of phenolic OH excluding ortho intramolecular Hbond substituents is 1. The van der Waals surface area contributed by atoms with E-state index in [1.807, 2.05) is 44.2 Å². The van der Waals surface area contributed by atoms with Crippen molar-refractivity contribution >= 4 is 23.7 Å². The zero-order chi connectivity index (χ0) is 15.7. The third kappa shape index (κ3) is 2.81. The van der Waals surface area contributed by atoms with Crippen LogP contribution in [0.25, 0.3) is 12.2 Å². The average Bonchev–Trinajstić information content (AvgIpc) is 2.46. The van der Waals surface area contributed by atoms with Gasteiger partial charge in [0.15, 0.2) is 6.61 Å². The molecule has 4 heteroatoms. The summed E-state index contributed by atoms with van der Waals surface area (Å²) in [6.07, 6.45) is 3.97. The van der Waals surface area contributed by atoms with Crippen LogP contribution in [0.1, 0.15) is 22.3 Å². The lowest BCUT2D eigenvalue weighted by Gasteiger charge is -2.20. The number of carbonyl (C=O) groups is 1. The van der Waals surface area contributed by atoms with Crippen molar-refractivity contribution in [3.8, 4) is 11.5 Å². The van der Waals surface area contributed by atoms with Crippen LogP contribution in [-0.2, 0) is 4.79 Å². The van der Waals surface area contributed by atoms with Crippen molar-refractivity contribution in [1.82, 2.24) is 0 Å². The van der Waals surface area contributed by atoms with Gasteiger partial charge in [0.25, 0.3) is 5.91 Å². The maximum absolute atomic E-state index is 11.4. The summed E-state index contributed by atoms with van der Waals surface area (Å²) in [5.41, 5.74) is 4.71. The van der Waals surface area contributed by atoms with Gasteiger partial charge in [0, 0.05) is 0 Å². The number of benzene rings is 2. The molecule has 2 aromatic carbocycles. The smallest absolute Gasteiger partial charge is 0.262 e. The highest BCUT2D eigenvalue weighted by molar-refractivity contribution is 5.96. The van der Waals surface area contributed by atoms with Gasteiger partial charge in [-0.05, 0) is 60.4 Å². The molecule has 0 unspecified atom stereocenters. The molecule has 0 saturated heterocycles. The molecule has 1 aliphatic heterocycles. The van der Waals surface area contributed by atoms with E-state index in [1.54, 1.807) is 12.1 Å². The van der Waals surface area contributed by atoms with Crippen LogP contribution in [0.3, 0.4) is 0 Å². The fourth-order valence-electron chi connectivity index (χ4n) is 2.54. The molecule has 0 aliphatic carbocycles. The third-order valence-electron chi connectivity index (χ3n) is 3.63. The van der Waals surface area contributed by atoms with E-state index in [0.29, 0.717) is 5.69 Å². The number of ether oxygens (including phenoxy) is 1. The van der Waals surface area contributed by atoms with Crippen LogP contribution in [-0.4, -0.2) is 17.6 Å². The first kappa shape index (κ1) is 14.2. The van der Waals surface area contributed by atoms with Crippen molar-refractivity contribution in [2.75, 3.05) is 11.9 Å². The monoisotopic (exact) mass is 295 g/mol. The van der Waals surface area contributed by atoms with Crippen molar-refractivity contribution in [2.45, 2.75) is 13.8 Å². The summed E-state index contributed by atoms with van der Waals surface area (Å²) in [6.45, 7) is 3.97. The van der Waals surface area contributed by atoms with Crippen molar-refractivity contribution in [1.29, 1.82) is 0 Å². The first-order valence-electron chi connectivity index (χ1n) is 7.08. The van der Waals surface area contributed by atoms with Crippen LogP contribution in [0.2, 0.25) is 0 Å². The molecule has 2 N–H and O–H groups in total. The molecule has 0 fully saturated rings. The fraction of sp³-hybridized carbons (Fsp3) is 0.167. The zero-order valence-electron chi connectivity index (χ0n) is 12.5. The van der Waals surface area contributed by atoms with Gasteiger partial charge in [-0.1, -0.05) is 18.2 Å². The number of aromatic hydroxyl groups is 1. The van der Waals surface area contributed by atoms with Crippen molar-refractivity contribution in [3.05, 3.63) is 52.6 Å². The summed E-state index contributed by atoms with van der Waals surface area (Å²) in [6, 6.07) is 9.18. The Morgan fingerprint density at radius 1 is 1.14 bits per heavy atom. The largest absolute Gasteiger partial charge is 0.508 e. The summed E-state index contributed by atoms with van der Waals surface area (Å²) >= 11 is 0. The molecule has 0 atom stereocenters. The van der Waals surface area contributed by atoms with E-state index in [9.17, 15) is 9.90 Å². The Balaban J connectivity index is 1.92. The van der Waals surface area contributed by atoms with Crippen molar-refractivity contribution in [2.24, 2.45) is 0 Å². The molecule has 0 aromatic heterocycles. The first-order valence-corrected chi connectivity index (χ1v) is 7.08. The third-order valence-corrected chi connectivity index (χ3v) is 3.63. The van der Waals surface area contributed by atoms with Crippen LogP contribution in [0.15, 0.2) is 30.3 Å². The van der Waals surface area contributed by atoms with Crippen LogP contribution in [0.4, 0.5) is 5.69 Å². The first-order chi connectivity index (χ1) is 10.5. The highest BCUT2D eigenvalue weighted by Crippen LogP contribution is 2.33. The van der Waals surface area contributed by atoms with E-state index in [0.717, 1.165) is 28.0 Å². The quantitative estimate of drug-likeness (QED) is 0.834. The van der Waals surface area contributed by atoms with E-state index >= 15 is 0 Å². The number of aryl methyl sites for hydroxylation is 2. The summed E-state index contributed by atoms with van der Waals surface area (Å²) in [5.74, 6) is 0.860. The van der Waals surface area contributed by atoms with Crippen LogP contribution in [0, 0.1) is 13.8 Å². The molecule has 4 nitrogen and oxygen atoms in total. The highest BCUT2D eigenvalue weighted by Gasteiger charge is 2.18. The molecule has 1 heterocycles. The molecule has 3 rings (SSSR count). The minimum atomic E-state index is -0.137. The molecular formula is C18H17NO3. The number of rotatable bonds is 2. The molecule has 0 saturated carbocycles. The molecule has 22 heavy (non-hydrogen) atoms. The van der Waals surface area contributed by atoms with E-state index in [4.69, 9.17) is 4.74 Å². The zero-order valence-corrected chi connectivity index (χ0v) is 12.5. The second-order valence-electron chi connectivity index (χ2n) is 5.43. The van der Waals surface area contributed by atoms with E-state index < -0.39 is 0 Å². The molecule has 0 bridgehead atoms. The minimum absolute atomic E-state index is 0.0652. The fourth-order valence-corrected chi connectivity index (χ4v) is 2.54. The number of hydrogen-bond acceptors (Lipinski definition) is 3. The van der Waals surface area contributed by atoms with E-state index in [2.05, 4.69) is 5.32 Å². The Labute approximate surface area is 129 Å². The van der Waals surface area contributed by atoms with Gasteiger partial charge >= 0.3 is 0 Å². The molecule has 0 spiro atoms. The highest BCUT2D eigenvalue weighted by atomic mass is 16.5. The van der Waals surface area contributed by atoms with E-state index in [1.165, 1.54) is 0 Å². The Kier molecular flexibility index (Phi) is 3.59. The molecule has 0 radical (unpaired) electrons. The molecule has 2 aromatic rings. The second-order valence-corrected chi connectivity index (χ2v) is 5.43. The SMILES string of the molecule is Cc1cc(O)ccc1C=Cc1cc(C)c2c(c1)NC(=O)CO2. The van der Waals surface area contributed by atoms with E-state index in [-0.39, 0.29) is 18.3 Å². The van der Waals surface area contributed by atoms with Gasteiger partial charge in [0.1, 0.15) is 11.5 Å². The van der Waals surface area contributed by atoms with Gasteiger partial charge in [-0.2, -0.15) is 0 Å². The van der Waals surface area contributed by atoms with Crippen molar-refractivity contribution < 1.29 is 14.6 Å². The van der Waals surface area contributed by atoms with Gasteiger partial charge in [0.05, 0.1) is 5.69 Å².